The van der Waals surface area contributed by atoms with E-state index in [9.17, 15) is 22.7 Å². The Balaban J connectivity index is 1.93. The summed E-state index contributed by atoms with van der Waals surface area (Å²) in [6.45, 7) is 0. The highest BCUT2D eigenvalue weighted by Gasteiger charge is 2.46. The van der Waals surface area contributed by atoms with Crippen molar-refractivity contribution < 1.29 is 22.7 Å². The number of aliphatic hydroxyl groups is 1. The molecular weight excluding hydrogens is 298 g/mol. The number of hydrogen-bond acceptors (Lipinski definition) is 2. The van der Waals surface area contributed by atoms with Crippen molar-refractivity contribution in [3.63, 3.8) is 0 Å². The zero-order valence-corrected chi connectivity index (χ0v) is 12.3. The third-order valence-electron chi connectivity index (χ3n) is 5.17. The van der Waals surface area contributed by atoms with Crippen LogP contribution >= 0.6 is 0 Å². The maximum absolute atomic E-state index is 14.2. The molecular formula is C16H19F4NO. The Morgan fingerprint density at radius 3 is 2.27 bits per heavy atom. The van der Waals surface area contributed by atoms with Gasteiger partial charge >= 0.3 is 6.18 Å². The molecule has 6 heteroatoms. The molecule has 0 amide bonds. The lowest BCUT2D eigenvalue weighted by Crippen LogP contribution is -2.55. The smallest absolute Gasteiger partial charge is 0.385 e. The van der Waals surface area contributed by atoms with Crippen LogP contribution in [0, 0.1) is 5.82 Å². The number of nitrogens with zero attached hydrogens (tertiary/aromatic N) is 1. The summed E-state index contributed by atoms with van der Waals surface area (Å²) in [5.74, 6) is -0.972. The third kappa shape index (κ3) is 2.63. The Bertz CT molecular complexity index is 558. The molecule has 122 valence electrons. The highest BCUT2D eigenvalue weighted by Crippen LogP contribution is 2.44. The molecule has 2 atom stereocenters. The average molecular weight is 317 g/mol. The van der Waals surface area contributed by atoms with Crippen LogP contribution in [0.5, 0.6) is 0 Å². The molecule has 0 aliphatic carbocycles. The highest BCUT2D eigenvalue weighted by atomic mass is 19.4. The van der Waals surface area contributed by atoms with Gasteiger partial charge in [-0.2, -0.15) is 13.2 Å². The van der Waals surface area contributed by atoms with Gasteiger partial charge in [-0.15, -0.1) is 0 Å². The van der Waals surface area contributed by atoms with Crippen LogP contribution in [0.3, 0.4) is 0 Å². The first-order chi connectivity index (χ1) is 10.2. The van der Waals surface area contributed by atoms with E-state index >= 15 is 0 Å². The second kappa shape index (κ2) is 5.20. The quantitative estimate of drug-likeness (QED) is 0.799. The van der Waals surface area contributed by atoms with Gasteiger partial charge in [-0.25, -0.2) is 4.39 Å². The molecule has 2 fully saturated rings. The van der Waals surface area contributed by atoms with Gasteiger partial charge in [-0.3, -0.25) is 0 Å². The van der Waals surface area contributed by atoms with E-state index in [2.05, 4.69) is 4.90 Å². The summed E-state index contributed by atoms with van der Waals surface area (Å²) in [6.07, 6.45) is -0.920. The number of alkyl halides is 3. The van der Waals surface area contributed by atoms with Crippen molar-refractivity contribution in [1.82, 2.24) is 4.90 Å². The topological polar surface area (TPSA) is 23.5 Å². The molecule has 0 aromatic heterocycles. The van der Waals surface area contributed by atoms with Gasteiger partial charge in [0, 0.05) is 17.6 Å². The first-order valence-corrected chi connectivity index (χ1v) is 7.52. The minimum atomic E-state index is -4.58. The van der Waals surface area contributed by atoms with Crippen LogP contribution < -0.4 is 0 Å². The van der Waals surface area contributed by atoms with Gasteiger partial charge in [-0.1, -0.05) is 12.5 Å². The Hall–Kier alpha value is -1.14. The minimum absolute atomic E-state index is 0.00880. The second-order valence-corrected chi connectivity index (χ2v) is 6.54. The molecule has 2 bridgehead atoms. The van der Waals surface area contributed by atoms with Crippen molar-refractivity contribution in [2.75, 3.05) is 7.05 Å². The molecule has 1 aromatic rings. The Morgan fingerprint density at radius 2 is 1.77 bits per heavy atom. The molecule has 0 radical (unpaired) electrons. The van der Waals surface area contributed by atoms with Gasteiger partial charge in [-0.05, 0) is 44.9 Å². The van der Waals surface area contributed by atoms with Crippen molar-refractivity contribution in [2.45, 2.75) is 56.0 Å². The van der Waals surface area contributed by atoms with Gasteiger partial charge in [0.05, 0.1) is 11.2 Å². The molecule has 0 spiro atoms. The Kier molecular flexibility index (Phi) is 3.72. The Morgan fingerprint density at radius 1 is 1.18 bits per heavy atom. The number of benzene rings is 1. The van der Waals surface area contributed by atoms with Crippen molar-refractivity contribution in [1.29, 1.82) is 0 Å². The van der Waals surface area contributed by atoms with Gasteiger partial charge in [0.1, 0.15) is 5.82 Å². The number of halogens is 4. The molecule has 1 aromatic carbocycles. The molecule has 2 aliphatic heterocycles. The molecule has 2 saturated heterocycles. The molecule has 0 saturated carbocycles. The average Bonchev–Trinajstić information content (AvgIpc) is 2.39. The van der Waals surface area contributed by atoms with E-state index in [1.54, 1.807) is 0 Å². The molecule has 2 nitrogen and oxygen atoms in total. The van der Waals surface area contributed by atoms with Crippen molar-refractivity contribution in [3.05, 3.63) is 35.1 Å². The summed E-state index contributed by atoms with van der Waals surface area (Å²) in [7, 11) is 2.00. The summed E-state index contributed by atoms with van der Waals surface area (Å²) in [6, 6.07) is 2.74. The number of piperidine rings is 2. The molecule has 22 heavy (non-hydrogen) atoms. The lowest BCUT2D eigenvalue weighted by atomic mass is 9.72. The normalized spacial score (nSPS) is 33.0. The fourth-order valence-corrected chi connectivity index (χ4v) is 3.94. The SMILES string of the molecule is CN1C2CCCC1CC(O)(c1ccc(C(F)(F)F)cc1F)C2. The summed E-state index contributed by atoms with van der Waals surface area (Å²) < 4.78 is 52.1. The van der Waals surface area contributed by atoms with E-state index in [0.29, 0.717) is 18.9 Å². The Labute approximate surface area is 126 Å². The van der Waals surface area contributed by atoms with Crippen LogP contribution in [0.15, 0.2) is 18.2 Å². The van der Waals surface area contributed by atoms with Crippen LogP contribution in [-0.2, 0) is 11.8 Å². The monoisotopic (exact) mass is 317 g/mol. The van der Waals surface area contributed by atoms with Crippen LogP contribution in [-0.4, -0.2) is 29.1 Å². The van der Waals surface area contributed by atoms with Gasteiger partial charge in [0.25, 0.3) is 0 Å². The third-order valence-corrected chi connectivity index (χ3v) is 5.17. The van der Waals surface area contributed by atoms with Crippen LogP contribution in [0.25, 0.3) is 0 Å². The van der Waals surface area contributed by atoms with Crippen molar-refractivity contribution in [3.8, 4) is 0 Å². The molecule has 3 rings (SSSR count). The standard InChI is InChI=1S/C16H19F4NO/c1-21-11-3-2-4-12(21)9-15(22,8-11)13-6-5-10(7-14(13)17)16(18,19)20/h5-7,11-12,22H,2-4,8-9H2,1H3. The fourth-order valence-electron chi connectivity index (χ4n) is 3.94. The lowest BCUT2D eigenvalue weighted by molar-refractivity contribution is -0.138. The van der Waals surface area contributed by atoms with Gasteiger partial charge < -0.3 is 10.0 Å². The molecule has 2 unspecified atom stereocenters. The zero-order chi connectivity index (χ0) is 16.1. The summed E-state index contributed by atoms with van der Waals surface area (Å²) in [4.78, 5) is 2.21. The van der Waals surface area contributed by atoms with E-state index in [0.717, 1.165) is 31.4 Å². The van der Waals surface area contributed by atoms with Crippen LogP contribution in [0.2, 0.25) is 0 Å². The predicted molar refractivity (Wildman–Crippen MR) is 73.7 cm³/mol. The summed E-state index contributed by atoms with van der Waals surface area (Å²) in [5.41, 5.74) is -2.41. The zero-order valence-electron chi connectivity index (χ0n) is 12.3. The maximum atomic E-state index is 14.2. The van der Waals surface area contributed by atoms with Crippen molar-refractivity contribution in [2.24, 2.45) is 0 Å². The minimum Gasteiger partial charge on any atom is -0.385 e. The van der Waals surface area contributed by atoms with E-state index in [4.69, 9.17) is 0 Å². The molecule has 1 N–H and O–H groups in total. The first kappa shape index (κ1) is 15.7. The van der Waals surface area contributed by atoms with Gasteiger partial charge in [0.15, 0.2) is 0 Å². The van der Waals surface area contributed by atoms with E-state index < -0.39 is 23.2 Å². The largest absolute Gasteiger partial charge is 0.416 e. The molecule has 2 aliphatic rings. The second-order valence-electron chi connectivity index (χ2n) is 6.54. The fraction of sp³-hybridized carbons (Fsp3) is 0.625. The summed E-state index contributed by atoms with van der Waals surface area (Å²) >= 11 is 0. The number of fused-ring (bicyclic) bond motifs is 2. The lowest BCUT2D eigenvalue weighted by Gasteiger charge is -2.50. The van der Waals surface area contributed by atoms with Crippen LogP contribution in [0.1, 0.15) is 43.2 Å². The molecule has 2 heterocycles. The number of hydrogen-bond donors (Lipinski definition) is 1. The first-order valence-electron chi connectivity index (χ1n) is 7.52. The van der Waals surface area contributed by atoms with Crippen molar-refractivity contribution >= 4 is 0 Å². The summed E-state index contributed by atoms with van der Waals surface area (Å²) in [5, 5.41) is 10.9. The maximum Gasteiger partial charge on any atom is 0.416 e. The van der Waals surface area contributed by atoms with Gasteiger partial charge in [0.2, 0.25) is 0 Å². The predicted octanol–water partition coefficient (Wildman–Crippen LogP) is 3.68. The van der Waals surface area contributed by atoms with E-state index in [1.807, 2.05) is 7.05 Å². The van der Waals surface area contributed by atoms with Crippen LogP contribution in [0.4, 0.5) is 17.6 Å². The number of rotatable bonds is 1. The highest BCUT2D eigenvalue weighted by molar-refractivity contribution is 5.31. The van der Waals surface area contributed by atoms with E-state index in [-0.39, 0.29) is 17.6 Å². The van der Waals surface area contributed by atoms with E-state index in [1.165, 1.54) is 0 Å².